The highest BCUT2D eigenvalue weighted by atomic mass is 79.9. The lowest BCUT2D eigenvalue weighted by Crippen LogP contribution is -2.48. The molecule has 3 rings (SSSR count). The van der Waals surface area contributed by atoms with Crippen molar-refractivity contribution in [3.63, 3.8) is 0 Å². The van der Waals surface area contributed by atoms with Gasteiger partial charge in [0.25, 0.3) is 5.91 Å². The van der Waals surface area contributed by atoms with Crippen molar-refractivity contribution >= 4 is 33.4 Å². The molecule has 2 unspecified atom stereocenters. The number of hydrogen-bond acceptors (Lipinski definition) is 4. The molecular weight excluding hydrogens is 547 g/mol. The minimum atomic E-state index is -4.50. The Balaban J connectivity index is 1.75. The van der Waals surface area contributed by atoms with E-state index in [0.29, 0.717) is 11.2 Å². The molecule has 0 radical (unpaired) electrons. The van der Waals surface area contributed by atoms with Gasteiger partial charge in [0.15, 0.2) is 5.60 Å². The van der Waals surface area contributed by atoms with Crippen LogP contribution in [0.5, 0.6) is 5.88 Å². The van der Waals surface area contributed by atoms with Crippen LogP contribution >= 0.6 is 27.5 Å². The summed E-state index contributed by atoms with van der Waals surface area (Å²) in [6.45, 7) is 5.38. The van der Waals surface area contributed by atoms with Crippen molar-refractivity contribution in [1.29, 1.82) is 0 Å². The number of amides is 1. The van der Waals surface area contributed by atoms with Gasteiger partial charge in [-0.05, 0) is 71.1 Å². The second-order valence-corrected chi connectivity index (χ2v) is 9.94. The topological polar surface area (TPSA) is 64.1 Å². The number of hydrogen-bond donors (Lipinski definition) is 1. The SMILES string of the molecule is CC(c1ccc(Cl)cc1)C(CNC(=O)C(C)(C)Oc1ccc(C(F)(F)F)cn1)c1cncc(Br)c1. The van der Waals surface area contributed by atoms with E-state index in [0.717, 1.165) is 27.7 Å². The quantitative estimate of drug-likeness (QED) is 0.325. The fraction of sp³-hybridized carbons (Fsp3) is 0.320. The highest BCUT2D eigenvalue weighted by molar-refractivity contribution is 9.10. The van der Waals surface area contributed by atoms with E-state index in [1.165, 1.54) is 13.8 Å². The second-order valence-electron chi connectivity index (χ2n) is 8.59. The summed E-state index contributed by atoms with van der Waals surface area (Å²) in [7, 11) is 0. The first kappa shape index (κ1) is 26.9. The Bertz CT molecular complexity index is 1160. The lowest BCUT2D eigenvalue weighted by atomic mass is 9.83. The third kappa shape index (κ3) is 7.18. The van der Waals surface area contributed by atoms with Crippen LogP contribution in [0, 0.1) is 0 Å². The van der Waals surface area contributed by atoms with E-state index in [4.69, 9.17) is 16.3 Å². The molecule has 2 heterocycles. The average Bonchev–Trinajstić information content (AvgIpc) is 2.79. The molecule has 1 amide bonds. The Hall–Kier alpha value is -2.65. The molecular formula is C25H24BrClF3N3O2. The molecule has 1 N–H and O–H groups in total. The molecule has 0 aliphatic rings. The molecule has 0 saturated carbocycles. The van der Waals surface area contributed by atoms with E-state index in [2.05, 4.69) is 38.1 Å². The summed E-state index contributed by atoms with van der Waals surface area (Å²) in [5.41, 5.74) is -0.312. The molecule has 2 aromatic heterocycles. The van der Waals surface area contributed by atoms with Gasteiger partial charge >= 0.3 is 6.18 Å². The molecule has 186 valence electrons. The zero-order valence-corrected chi connectivity index (χ0v) is 21.6. The molecule has 2 atom stereocenters. The van der Waals surface area contributed by atoms with Gasteiger partial charge in [-0.15, -0.1) is 0 Å². The summed E-state index contributed by atoms with van der Waals surface area (Å²) in [5, 5.41) is 3.55. The number of pyridine rings is 2. The molecule has 0 aliphatic heterocycles. The van der Waals surface area contributed by atoms with Crippen molar-refractivity contribution in [2.75, 3.05) is 6.54 Å². The van der Waals surface area contributed by atoms with Gasteiger partial charge in [-0.25, -0.2) is 4.98 Å². The van der Waals surface area contributed by atoms with E-state index in [9.17, 15) is 18.0 Å². The Morgan fingerprint density at radius 3 is 2.34 bits per heavy atom. The molecule has 35 heavy (non-hydrogen) atoms. The maximum Gasteiger partial charge on any atom is 0.417 e. The average molecular weight is 571 g/mol. The molecule has 1 aromatic carbocycles. The summed E-state index contributed by atoms with van der Waals surface area (Å²) in [6, 6.07) is 11.4. The first-order valence-corrected chi connectivity index (χ1v) is 11.9. The monoisotopic (exact) mass is 569 g/mol. The number of alkyl halides is 3. The molecule has 5 nitrogen and oxygen atoms in total. The van der Waals surface area contributed by atoms with Crippen molar-refractivity contribution in [2.45, 2.75) is 44.4 Å². The maximum absolute atomic E-state index is 13.0. The van der Waals surface area contributed by atoms with Crippen LogP contribution in [0.15, 0.2) is 65.5 Å². The fourth-order valence-corrected chi connectivity index (χ4v) is 4.05. The van der Waals surface area contributed by atoms with Crippen molar-refractivity contribution in [1.82, 2.24) is 15.3 Å². The van der Waals surface area contributed by atoms with Gasteiger partial charge in [0.2, 0.25) is 5.88 Å². The predicted molar refractivity (Wildman–Crippen MR) is 132 cm³/mol. The van der Waals surface area contributed by atoms with Crippen LogP contribution < -0.4 is 10.1 Å². The van der Waals surface area contributed by atoms with Crippen LogP contribution in [0.4, 0.5) is 13.2 Å². The van der Waals surface area contributed by atoms with Gasteiger partial charge in [0.1, 0.15) is 0 Å². The second kappa shape index (κ2) is 11.0. The summed E-state index contributed by atoms with van der Waals surface area (Å²) < 4.78 is 44.8. The summed E-state index contributed by atoms with van der Waals surface area (Å²) in [5.74, 6) is -0.648. The number of carbonyl (C=O) groups excluding carboxylic acids is 1. The molecule has 0 bridgehead atoms. The fourth-order valence-electron chi connectivity index (χ4n) is 3.54. The van der Waals surface area contributed by atoms with Gasteiger partial charge in [0.05, 0.1) is 5.56 Å². The Labute approximate surface area is 215 Å². The van der Waals surface area contributed by atoms with Crippen LogP contribution in [0.2, 0.25) is 5.02 Å². The van der Waals surface area contributed by atoms with Crippen LogP contribution in [0.25, 0.3) is 0 Å². The summed E-state index contributed by atoms with van der Waals surface area (Å²) >= 11 is 9.48. The number of aromatic nitrogens is 2. The lowest BCUT2D eigenvalue weighted by Gasteiger charge is -2.29. The zero-order chi connectivity index (χ0) is 25.8. The molecule has 0 saturated heterocycles. The van der Waals surface area contributed by atoms with Crippen molar-refractivity contribution in [2.24, 2.45) is 0 Å². The highest BCUT2D eigenvalue weighted by Crippen LogP contribution is 2.34. The standard InChI is InChI=1S/C25H24BrClF3N3O2/c1-15(16-4-7-20(27)8-5-16)21(17-10-19(26)13-31-11-17)14-33-23(34)24(2,3)35-22-9-6-18(12-32-22)25(28,29)30/h4-13,15,21H,14H2,1-3H3,(H,33,34). The Kier molecular flexibility index (Phi) is 8.43. The number of ether oxygens (including phenoxy) is 1. The van der Waals surface area contributed by atoms with Gasteiger partial charge in [-0.2, -0.15) is 13.2 Å². The zero-order valence-electron chi connectivity index (χ0n) is 19.2. The summed E-state index contributed by atoms with van der Waals surface area (Å²) in [4.78, 5) is 21.0. The Morgan fingerprint density at radius 1 is 1.09 bits per heavy atom. The van der Waals surface area contributed by atoms with Gasteiger partial charge in [-0.3, -0.25) is 9.78 Å². The van der Waals surface area contributed by atoms with Gasteiger partial charge in [0, 0.05) is 46.6 Å². The molecule has 3 aromatic rings. The molecule has 0 fully saturated rings. The van der Waals surface area contributed by atoms with Crippen LogP contribution in [-0.2, 0) is 11.0 Å². The van der Waals surface area contributed by atoms with Crippen LogP contribution in [0.3, 0.4) is 0 Å². The maximum atomic E-state index is 13.0. The predicted octanol–water partition coefficient (Wildman–Crippen LogP) is 6.77. The Morgan fingerprint density at radius 2 is 1.77 bits per heavy atom. The third-order valence-corrected chi connectivity index (χ3v) is 6.29. The smallest absolute Gasteiger partial charge is 0.417 e. The minimum Gasteiger partial charge on any atom is -0.462 e. The van der Waals surface area contributed by atoms with Crippen LogP contribution in [-0.4, -0.2) is 28.0 Å². The van der Waals surface area contributed by atoms with E-state index in [1.54, 1.807) is 12.4 Å². The number of carbonyl (C=O) groups is 1. The molecule has 0 spiro atoms. The van der Waals surface area contributed by atoms with Crippen molar-refractivity contribution in [3.8, 4) is 5.88 Å². The number of rotatable bonds is 8. The highest BCUT2D eigenvalue weighted by Gasteiger charge is 2.34. The number of benzene rings is 1. The van der Waals surface area contributed by atoms with Crippen molar-refractivity contribution in [3.05, 3.63) is 87.2 Å². The lowest BCUT2D eigenvalue weighted by molar-refractivity contribution is -0.138. The third-order valence-electron chi connectivity index (χ3n) is 5.61. The normalized spacial score (nSPS) is 13.7. The summed E-state index contributed by atoms with van der Waals surface area (Å²) in [6.07, 6.45) is -0.398. The first-order chi connectivity index (χ1) is 16.4. The van der Waals surface area contributed by atoms with Crippen LogP contribution in [0.1, 0.15) is 49.3 Å². The van der Waals surface area contributed by atoms with E-state index < -0.39 is 23.2 Å². The number of nitrogens with zero attached hydrogens (tertiary/aromatic N) is 2. The number of nitrogens with one attached hydrogen (secondary N) is 1. The van der Waals surface area contributed by atoms with E-state index in [1.807, 2.05) is 30.3 Å². The number of halogens is 5. The van der Waals surface area contributed by atoms with Gasteiger partial charge < -0.3 is 10.1 Å². The first-order valence-electron chi connectivity index (χ1n) is 10.7. The van der Waals surface area contributed by atoms with E-state index in [-0.39, 0.29) is 24.3 Å². The minimum absolute atomic E-state index is 0.00396. The van der Waals surface area contributed by atoms with Gasteiger partial charge in [-0.1, -0.05) is 30.7 Å². The molecule has 0 aliphatic carbocycles. The molecule has 10 heteroatoms. The van der Waals surface area contributed by atoms with Crippen molar-refractivity contribution < 1.29 is 22.7 Å². The largest absolute Gasteiger partial charge is 0.462 e. The van der Waals surface area contributed by atoms with E-state index >= 15 is 0 Å².